The molecule has 2 aromatic carbocycles. The van der Waals surface area contributed by atoms with E-state index in [-0.39, 0.29) is 12.5 Å². The monoisotopic (exact) mass is 458 g/mol. The molecule has 1 atom stereocenters. The van der Waals surface area contributed by atoms with Crippen molar-refractivity contribution >= 4 is 33.2 Å². The summed E-state index contributed by atoms with van der Waals surface area (Å²) in [7, 11) is 0. The van der Waals surface area contributed by atoms with Crippen molar-refractivity contribution in [2.24, 2.45) is 5.16 Å². The first kappa shape index (κ1) is 20.5. The van der Waals surface area contributed by atoms with E-state index in [1.165, 1.54) is 0 Å². The molecule has 0 radical (unpaired) electrons. The molecule has 0 aliphatic heterocycles. The van der Waals surface area contributed by atoms with Crippen molar-refractivity contribution in [1.82, 2.24) is 4.98 Å². The molecule has 2 N–H and O–H groups in total. The van der Waals surface area contributed by atoms with Crippen LogP contribution < -0.4 is 0 Å². The molecule has 0 saturated heterocycles. The summed E-state index contributed by atoms with van der Waals surface area (Å²) in [6.07, 6.45) is 2.09. The summed E-state index contributed by atoms with van der Waals surface area (Å²) in [6, 6.07) is 17.5. The van der Waals surface area contributed by atoms with E-state index in [1.54, 1.807) is 18.3 Å². The molecule has 0 aliphatic carbocycles. The first-order valence-electron chi connectivity index (χ1n) is 8.80. The maximum absolute atomic E-state index is 9.72. The lowest BCUT2D eigenvalue weighted by atomic mass is 9.83. The Morgan fingerprint density at radius 2 is 1.89 bits per heavy atom. The number of aryl methyl sites for hydroxylation is 1. The zero-order valence-corrected chi connectivity index (χ0v) is 17.7. The number of aliphatic hydroxyl groups excluding tert-OH is 1. The summed E-state index contributed by atoms with van der Waals surface area (Å²) in [5.41, 5.74) is 5.08. The normalized spacial score (nSPS) is 12.8. The van der Waals surface area contributed by atoms with Crippen molar-refractivity contribution in [3.63, 3.8) is 0 Å². The van der Waals surface area contributed by atoms with Crippen LogP contribution in [0.4, 0.5) is 0 Å². The van der Waals surface area contributed by atoms with Crippen LogP contribution in [0.3, 0.4) is 0 Å². The van der Waals surface area contributed by atoms with Gasteiger partial charge in [0.1, 0.15) is 0 Å². The smallest absolute Gasteiger partial charge is 0.0878 e. The van der Waals surface area contributed by atoms with E-state index < -0.39 is 0 Å². The van der Waals surface area contributed by atoms with Crippen LogP contribution in [0.25, 0.3) is 0 Å². The molecule has 4 nitrogen and oxygen atoms in total. The van der Waals surface area contributed by atoms with Crippen LogP contribution in [0.1, 0.15) is 40.3 Å². The number of halogens is 2. The van der Waals surface area contributed by atoms with E-state index >= 15 is 0 Å². The maximum atomic E-state index is 9.72. The topological polar surface area (TPSA) is 65.7 Å². The minimum absolute atomic E-state index is 0.0259. The molecule has 0 fully saturated rings. The van der Waals surface area contributed by atoms with Gasteiger partial charge in [-0.1, -0.05) is 50.9 Å². The summed E-state index contributed by atoms with van der Waals surface area (Å²) in [4.78, 5) is 4.10. The van der Waals surface area contributed by atoms with Gasteiger partial charge in [-0.3, -0.25) is 4.98 Å². The van der Waals surface area contributed by atoms with Gasteiger partial charge >= 0.3 is 0 Å². The quantitative estimate of drug-likeness (QED) is 0.282. The fourth-order valence-electron chi connectivity index (χ4n) is 3.29. The molecule has 0 bridgehead atoms. The standard InChI is InChI=1S/C22H20BrClN2O2/c1-14-10-18(24)6-7-20(14)21(15-2-4-17(23)5-3-15)12-22(26-28)16-8-9-25-19(11-16)13-27/h2-11,21,27-28H,12-13H2,1H3/b26-22+/t21-/m1/s1. The summed E-state index contributed by atoms with van der Waals surface area (Å²) in [5, 5.41) is 23.3. The Kier molecular flexibility index (Phi) is 6.83. The minimum atomic E-state index is -0.168. The van der Waals surface area contributed by atoms with Gasteiger partial charge in [0.2, 0.25) is 0 Å². The summed E-state index contributed by atoms with van der Waals surface area (Å²) in [6.45, 7) is 1.86. The highest BCUT2D eigenvalue weighted by Crippen LogP contribution is 2.33. The van der Waals surface area contributed by atoms with Crippen LogP contribution in [-0.2, 0) is 6.61 Å². The maximum Gasteiger partial charge on any atom is 0.0878 e. The number of nitrogens with zero attached hydrogens (tertiary/aromatic N) is 2. The Hall–Kier alpha value is -2.21. The van der Waals surface area contributed by atoms with Crippen molar-refractivity contribution in [1.29, 1.82) is 0 Å². The lowest BCUT2D eigenvalue weighted by molar-refractivity contribution is 0.277. The Labute approximate surface area is 177 Å². The molecular weight excluding hydrogens is 440 g/mol. The van der Waals surface area contributed by atoms with Crippen molar-refractivity contribution in [3.8, 4) is 0 Å². The second-order valence-corrected chi connectivity index (χ2v) is 7.90. The molecule has 1 aromatic heterocycles. The van der Waals surface area contributed by atoms with Crippen LogP contribution in [-0.4, -0.2) is 21.0 Å². The third kappa shape index (κ3) is 4.79. The third-order valence-electron chi connectivity index (χ3n) is 4.71. The number of hydrogen-bond donors (Lipinski definition) is 2. The van der Waals surface area contributed by atoms with Crippen LogP contribution in [0.15, 0.2) is 70.4 Å². The number of aromatic nitrogens is 1. The second kappa shape index (κ2) is 9.32. The number of rotatable bonds is 6. The van der Waals surface area contributed by atoms with E-state index in [4.69, 9.17) is 11.6 Å². The van der Waals surface area contributed by atoms with E-state index in [9.17, 15) is 10.3 Å². The van der Waals surface area contributed by atoms with Crippen molar-refractivity contribution in [2.75, 3.05) is 0 Å². The fourth-order valence-corrected chi connectivity index (χ4v) is 3.78. The van der Waals surface area contributed by atoms with Crippen LogP contribution >= 0.6 is 27.5 Å². The van der Waals surface area contributed by atoms with Gasteiger partial charge in [-0.2, -0.15) is 0 Å². The average Bonchev–Trinajstić information content (AvgIpc) is 2.70. The fraction of sp³-hybridized carbons (Fsp3) is 0.182. The number of hydrogen-bond acceptors (Lipinski definition) is 4. The number of aliphatic hydroxyl groups is 1. The summed E-state index contributed by atoms with van der Waals surface area (Å²) in [5.74, 6) is -0.0259. The predicted molar refractivity (Wildman–Crippen MR) is 115 cm³/mol. The number of benzene rings is 2. The first-order chi connectivity index (χ1) is 13.5. The van der Waals surface area contributed by atoms with Gasteiger partial charge in [0, 0.05) is 33.6 Å². The zero-order valence-electron chi connectivity index (χ0n) is 15.3. The van der Waals surface area contributed by atoms with E-state index in [0.29, 0.717) is 22.8 Å². The van der Waals surface area contributed by atoms with Crippen molar-refractivity contribution < 1.29 is 10.3 Å². The largest absolute Gasteiger partial charge is 0.411 e. The van der Waals surface area contributed by atoms with E-state index in [1.807, 2.05) is 37.3 Å². The number of pyridine rings is 1. The Balaban J connectivity index is 2.04. The van der Waals surface area contributed by atoms with Gasteiger partial charge in [-0.25, -0.2) is 0 Å². The van der Waals surface area contributed by atoms with Crippen LogP contribution in [0.5, 0.6) is 0 Å². The SMILES string of the molecule is Cc1cc(Cl)ccc1[C@H](C/C(=N\O)c1ccnc(CO)c1)c1ccc(Br)cc1. The number of oxime groups is 1. The van der Waals surface area contributed by atoms with Gasteiger partial charge in [0.05, 0.1) is 18.0 Å². The van der Waals surface area contributed by atoms with E-state index in [0.717, 1.165) is 26.7 Å². The highest BCUT2D eigenvalue weighted by molar-refractivity contribution is 9.10. The summed E-state index contributed by atoms with van der Waals surface area (Å²) < 4.78 is 1.00. The molecule has 6 heteroatoms. The Bertz CT molecular complexity index is 990. The molecular formula is C22H20BrClN2O2. The highest BCUT2D eigenvalue weighted by atomic mass is 79.9. The van der Waals surface area contributed by atoms with E-state index in [2.05, 4.69) is 38.2 Å². The molecule has 3 aromatic rings. The Morgan fingerprint density at radius 1 is 1.14 bits per heavy atom. The molecule has 0 amide bonds. The van der Waals surface area contributed by atoms with Crippen molar-refractivity contribution in [3.05, 3.63) is 98.2 Å². The zero-order chi connectivity index (χ0) is 20.1. The van der Waals surface area contributed by atoms with Gasteiger partial charge in [0.15, 0.2) is 0 Å². The molecule has 144 valence electrons. The lowest BCUT2D eigenvalue weighted by Crippen LogP contribution is -2.12. The molecule has 0 unspecified atom stereocenters. The first-order valence-corrected chi connectivity index (χ1v) is 9.97. The Morgan fingerprint density at radius 3 is 2.54 bits per heavy atom. The molecule has 3 rings (SSSR count). The molecule has 0 spiro atoms. The third-order valence-corrected chi connectivity index (χ3v) is 5.47. The van der Waals surface area contributed by atoms with Gasteiger partial charge < -0.3 is 10.3 Å². The molecule has 1 heterocycles. The van der Waals surface area contributed by atoms with Crippen molar-refractivity contribution in [2.45, 2.75) is 25.9 Å². The second-order valence-electron chi connectivity index (χ2n) is 6.55. The average molecular weight is 460 g/mol. The molecule has 0 aliphatic rings. The minimum Gasteiger partial charge on any atom is -0.411 e. The highest BCUT2D eigenvalue weighted by Gasteiger charge is 2.21. The predicted octanol–water partition coefficient (Wildman–Crippen LogP) is 5.70. The van der Waals surface area contributed by atoms with Gasteiger partial charge in [-0.05, 0) is 60.0 Å². The van der Waals surface area contributed by atoms with Crippen LogP contribution in [0.2, 0.25) is 5.02 Å². The lowest BCUT2D eigenvalue weighted by Gasteiger charge is -2.21. The molecule has 28 heavy (non-hydrogen) atoms. The van der Waals surface area contributed by atoms with Crippen LogP contribution in [0, 0.1) is 6.92 Å². The van der Waals surface area contributed by atoms with Gasteiger partial charge in [-0.15, -0.1) is 0 Å². The van der Waals surface area contributed by atoms with Gasteiger partial charge in [0.25, 0.3) is 0 Å². The molecule has 0 saturated carbocycles. The summed E-state index contributed by atoms with van der Waals surface area (Å²) >= 11 is 9.63.